The molecule has 4 aromatic carbocycles. The molecule has 0 unspecified atom stereocenters. The van der Waals surface area contributed by atoms with Crippen LogP contribution in [0.5, 0.6) is 0 Å². The topological polar surface area (TPSA) is 37.4 Å². The molecule has 5 heteroatoms. The lowest BCUT2D eigenvalue weighted by Gasteiger charge is -2.25. The van der Waals surface area contributed by atoms with E-state index in [2.05, 4.69) is 77.7 Å². The van der Waals surface area contributed by atoms with Crippen molar-refractivity contribution in [1.29, 1.82) is 0 Å². The van der Waals surface area contributed by atoms with E-state index in [1.807, 2.05) is 12.1 Å². The lowest BCUT2D eigenvalue weighted by molar-refractivity contribution is 0.0990. The van der Waals surface area contributed by atoms with Crippen LogP contribution in [0.3, 0.4) is 0 Å². The van der Waals surface area contributed by atoms with Gasteiger partial charge in [-0.3, -0.25) is 9.59 Å². The van der Waals surface area contributed by atoms with Crippen molar-refractivity contribution in [2.75, 3.05) is 4.90 Å². The van der Waals surface area contributed by atoms with Gasteiger partial charge in [0.25, 0.3) is 0 Å². The first-order chi connectivity index (χ1) is 18.2. The van der Waals surface area contributed by atoms with E-state index in [0.717, 1.165) is 26.6 Å². The molecule has 0 atom stereocenters. The highest BCUT2D eigenvalue weighted by Gasteiger charge is 2.32. The average molecular weight is 514 g/mol. The number of allylic oxidation sites excluding steroid dienone is 1. The van der Waals surface area contributed by atoms with Gasteiger partial charge in [-0.1, -0.05) is 66.7 Å². The monoisotopic (exact) mass is 513 g/mol. The molecule has 6 aromatic rings. The Morgan fingerprint density at radius 1 is 0.568 bits per heavy atom. The number of ketones is 2. The fourth-order valence-corrected chi connectivity index (χ4v) is 7.43. The van der Waals surface area contributed by atoms with E-state index in [1.54, 1.807) is 53.0 Å². The molecule has 176 valence electrons. The maximum Gasteiger partial charge on any atom is 0.197 e. The number of anilines is 3. The van der Waals surface area contributed by atoms with E-state index >= 15 is 0 Å². The van der Waals surface area contributed by atoms with Crippen molar-refractivity contribution in [1.82, 2.24) is 0 Å². The minimum absolute atomic E-state index is 0.186. The predicted octanol–water partition coefficient (Wildman–Crippen LogP) is 9.05. The van der Waals surface area contributed by atoms with Crippen LogP contribution in [0.1, 0.15) is 25.6 Å². The van der Waals surface area contributed by atoms with Crippen LogP contribution in [-0.4, -0.2) is 11.6 Å². The molecule has 0 amide bonds. The molecular formula is C32H19NO2S2. The van der Waals surface area contributed by atoms with Crippen LogP contribution in [0.2, 0.25) is 0 Å². The van der Waals surface area contributed by atoms with Crippen LogP contribution in [-0.2, 0) is 0 Å². The lowest BCUT2D eigenvalue weighted by Crippen LogP contribution is -2.09. The third kappa shape index (κ3) is 3.63. The molecule has 0 saturated heterocycles. The van der Waals surface area contributed by atoms with Gasteiger partial charge in [0.1, 0.15) is 0 Å². The number of hydrogen-bond donors (Lipinski definition) is 0. The van der Waals surface area contributed by atoms with Gasteiger partial charge in [-0.05, 0) is 48.5 Å². The molecule has 0 fully saturated rings. The molecule has 0 saturated carbocycles. The number of thiophene rings is 2. The normalized spacial score (nSPS) is 12.9. The number of rotatable bonds is 4. The number of hydrogen-bond acceptors (Lipinski definition) is 5. The summed E-state index contributed by atoms with van der Waals surface area (Å²) in [5.74, 6) is -0.373. The van der Waals surface area contributed by atoms with Gasteiger partial charge in [-0.25, -0.2) is 0 Å². The molecule has 0 radical (unpaired) electrons. The Morgan fingerprint density at radius 2 is 1.16 bits per heavy atom. The van der Waals surface area contributed by atoms with Crippen molar-refractivity contribution < 1.29 is 9.59 Å². The van der Waals surface area contributed by atoms with Gasteiger partial charge in [0, 0.05) is 47.9 Å². The van der Waals surface area contributed by atoms with Gasteiger partial charge in [0.15, 0.2) is 11.6 Å². The highest BCUT2D eigenvalue weighted by molar-refractivity contribution is 7.33. The predicted molar refractivity (Wildman–Crippen MR) is 155 cm³/mol. The Hall–Kier alpha value is -4.32. The van der Waals surface area contributed by atoms with Crippen molar-refractivity contribution in [3.8, 4) is 0 Å². The summed E-state index contributed by atoms with van der Waals surface area (Å²) in [5.41, 5.74) is 4.55. The minimum Gasteiger partial charge on any atom is -0.310 e. The molecule has 1 aliphatic carbocycles. The highest BCUT2D eigenvalue weighted by atomic mass is 32.1. The number of fused-ring (bicyclic) bond motifs is 4. The van der Waals surface area contributed by atoms with Crippen LogP contribution in [0, 0.1) is 0 Å². The molecule has 3 nitrogen and oxygen atoms in total. The fraction of sp³-hybridized carbons (Fsp3) is 0. The Balaban J connectivity index is 1.29. The molecule has 37 heavy (non-hydrogen) atoms. The number of benzene rings is 4. The number of Topliss-reactive ketones (excluding diaryl/α,β-unsaturated/α-hetero) is 2. The maximum atomic E-state index is 12.8. The molecular weight excluding hydrogens is 494 g/mol. The number of carbonyl (C=O) groups excluding carboxylic acids is 2. The summed E-state index contributed by atoms with van der Waals surface area (Å²) in [6.45, 7) is 0. The summed E-state index contributed by atoms with van der Waals surface area (Å²) in [6, 6.07) is 36.5. The molecule has 1 aliphatic rings. The first-order valence-electron chi connectivity index (χ1n) is 11.9. The van der Waals surface area contributed by atoms with E-state index in [9.17, 15) is 9.59 Å². The van der Waals surface area contributed by atoms with E-state index in [1.165, 1.54) is 14.8 Å². The number of carbonyl (C=O) groups is 2. The molecule has 0 spiro atoms. The van der Waals surface area contributed by atoms with Crippen molar-refractivity contribution in [3.05, 3.63) is 131 Å². The quantitative estimate of drug-likeness (QED) is 0.174. The van der Waals surface area contributed by atoms with Crippen LogP contribution in [0.15, 0.2) is 115 Å². The lowest BCUT2D eigenvalue weighted by atomic mass is 10.1. The summed E-state index contributed by atoms with van der Waals surface area (Å²) in [4.78, 5) is 28.8. The Bertz CT molecular complexity index is 1790. The van der Waals surface area contributed by atoms with Crippen molar-refractivity contribution in [2.24, 2.45) is 0 Å². The first kappa shape index (κ1) is 21.9. The summed E-state index contributed by atoms with van der Waals surface area (Å²) >= 11 is 3.36. The number of nitrogens with zero attached hydrogens (tertiary/aromatic N) is 1. The van der Waals surface area contributed by atoms with Gasteiger partial charge < -0.3 is 4.90 Å². The Morgan fingerprint density at radius 3 is 1.78 bits per heavy atom. The first-order valence-corrected chi connectivity index (χ1v) is 13.6. The maximum absolute atomic E-state index is 12.8. The summed E-state index contributed by atoms with van der Waals surface area (Å²) in [7, 11) is 0. The molecule has 0 bridgehead atoms. The molecule has 7 rings (SSSR count). The SMILES string of the molecule is O=C1C(=Cc2cc3sc4cc(N(c5ccccc5)c5ccccc5)ccc4c3s2)C(=O)c2ccccc21. The van der Waals surface area contributed by atoms with Crippen LogP contribution < -0.4 is 4.90 Å². The zero-order valence-corrected chi connectivity index (χ0v) is 21.2. The summed E-state index contributed by atoms with van der Waals surface area (Å²) < 4.78 is 3.54. The smallest absolute Gasteiger partial charge is 0.197 e. The molecule has 2 aromatic heterocycles. The average Bonchev–Trinajstić information content (AvgIpc) is 3.56. The fourth-order valence-electron chi connectivity index (χ4n) is 4.91. The van der Waals surface area contributed by atoms with E-state index in [-0.39, 0.29) is 17.1 Å². The van der Waals surface area contributed by atoms with Gasteiger partial charge in [0.2, 0.25) is 0 Å². The second-order valence-corrected chi connectivity index (χ2v) is 11.1. The summed E-state index contributed by atoms with van der Waals surface area (Å²) in [5, 5.41) is 1.19. The minimum atomic E-state index is -0.186. The van der Waals surface area contributed by atoms with Crippen molar-refractivity contribution >= 4 is 76.9 Å². The van der Waals surface area contributed by atoms with Gasteiger partial charge in [-0.2, -0.15) is 0 Å². The van der Waals surface area contributed by atoms with Crippen LogP contribution in [0.25, 0.3) is 25.6 Å². The van der Waals surface area contributed by atoms with Crippen molar-refractivity contribution in [3.63, 3.8) is 0 Å². The van der Waals surface area contributed by atoms with Gasteiger partial charge >= 0.3 is 0 Å². The summed E-state index contributed by atoms with van der Waals surface area (Å²) in [6.07, 6.45) is 1.76. The van der Waals surface area contributed by atoms with Gasteiger partial charge in [0.05, 0.1) is 10.3 Å². The third-order valence-corrected chi connectivity index (χ3v) is 8.97. The van der Waals surface area contributed by atoms with Crippen LogP contribution >= 0.6 is 22.7 Å². The second kappa shape index (κ2) is 8.66. The molecule has 2 heterocycles. The zero-order chi connectivity index (χ0) is 24.9. The third-order valence-electron chi connectivity index (χ3n) is 6.63. The second-order valence-electron chi connectivity index (χ2n) is 8.89. The van der Waals surface area contributed by atoms with E-state index < -0.39 is 0 Å². The van der Waals surface area contributed by atoms with E-state index in [0.29, 0.717) is 11.1 Å². The number of para-hydroxylation sites is 2. The Labute approximate surface area is 221 Å². The molecule has 0 N–H and O–H groups in total. The zero-order valence-electron chi connectivity index (χ0n) is 19.5. The van der Waals surface area contributed by atoms with E-state index in [4.69, 9.17) is 0 Å². The van der Waals surface area contributed by atoms with Crippen LogP contribution in [0.4, 0.5) is 17.1 Å². The largest absolute Gasteiger partial charge is 0.310 e. The van der Waals surface area contributed by atoms with Crippen molar-refractivity contribution in [2.45, 2.75) is 0 Å². The Kier molecular flexibility index (Phi) is 5.13. The molecule has 0 aliphatic heterocycles. The van der Waals surface area contributed by atoms with Gasteiger partial charge in [-0.15, -0.1) is 22.7 Å². The standard InChI is InChI=1S/C32H19NO2S2/c34-30-24-13-7-8-14-25(24)31(35)27(30)18-23-19-29-32(36-23)26-16-15-22(17-28(26)37-29)33(20-9-3-1-4-10-20)21-11-5-2-6-12-21/h1-19H. The highest BCUT2D eigenvalue weighted by Crippen LogP contribution is 2.44.